The lowest BCUT2D eigenvalue weighted by atomic mass is 10.1. The molecule has 0 aromatic heterocycles. The zero-order valence-corrected chi connectivity index (χ0v) is 16.7. The number of rotatable bonds is 5. The number of fused-ring (bicyclic) bond motifs is 1. The van der Waals surface area contributed by atoms with Crippen molar-refractivity contribution in [2.75, 3.05) is 0 Å². The van der Waals surface area contributed by atoms with Crippen LogP contribution in [-0.2, 0) is 0 Å². The molecule has 4 aromatic rings. The van der Waals surface area contributed by atoms with Crippen LogP contribution in [0.4, 0.5) is 4.39 Å². The molecule has 0 heterocycles. The molecule has 2 N–H and O–H groups in total. The van der Waals surface area contributed by atoms with Gasteiger partial charge in [0.2, 0.25) is 0 Å². The van der Waals surface area contributed by atoms with E-state index in [1.165, 1.54) is 42.6 Å². The fourth-order valence-corrected chi connectivity index (χ4v) is 3.05. The number of nitrogens with one attached hydrogen (secondary N) is 1. The van der Waals surface area contributed by atoms with E-state index in [0.717, 1.165) is 10.8 Å². The van der Waals surface area contributed by atoms with Crippen molar-refractivity contribution in [1.82, 2.24) is 5.43 Å². The second-order valence-corrected chi connectivity index (χ2v) is 6.85. The molecule has 0 saturated carbocycles. The van der Waals surface area contributed by atoms with E-state index in [1.807, 2.05) is 24.3 Å². The van der Waals surface area contributed by atoms with E-state index in [9.17, 15) is 19.1 Å². The SMILES string of the molecule is O=C(NN=Cc1ccc(OC(=O)c2ccccc2F)cc1)c1cc2ccccc2cc1O. The number of ether oxygens (including phenoxy) is 1. The van der Waals surface area contributed by atoms with Gasteiger partial charge in [-0.2, -0.15) is 5.10 Å². The second-order valence-electron chi connectivity index (χ2n) is 6.85. The molecule has 32 heavy (non-hydrogen) atoms. The lowest BCUT2D eigenvalue weighted by molar-refractivity contribution is 0.0729. The number of carbonyl (C=O) groups excluding carboxylic acids is 2. The van der Waals surface area contributed by atoms with Crippen LogP contribution in [-0.4, -0.2) is 23.2 Å². The maximum absolute atomic E-state index is 13.7. The molecule has 6 nitrogen and oxygen atoms in total. The first-order chi connectivity index (χ1) is 15.5. The number of carbonyl (C=O) groups is 2. The zero-order valence-electron chi connectivity index (χ0n) is 16.7. The Bertz CT molecular complexity index is 1330. The summed E-state index contributed by atoms with van der Waals surface area (Å²) in [6.07, 6.45) is 1.40. The molecule has 0 radical (unpaired) electrons. The van der Waals surface area contributed by atoms with Gasteiger partial charge >= 0.3 is 5.97 Å². The lowest BCUT2D eigenvalue weighted by Gasteiger charge is -2.06. The molecule has 4 aromatic carbocycles. The first-order valence-corrected chi connectivity index (χ1v) is 9.63. The number of hydrogen-bond donors (Lipinski definition) is 2. The highest BCUT2D eigenvalue weighted by molar-refractivity contribution is 6.01. The van der Waals surface area contributed by atoms with Crippen molar-refractivity contribution in [2.45, 2.75) is 0 Å². The molecule has 1 amide bonds. The summed E-state index contributed by atoms with van der Waals surface area (Å²) >= 11 is 0. The minimum atomic E-state index is -0.799. The van der Waals surface area contributed by atoms with Crippen LogP contribution >= 0.6 is 0 Å². The van der Waals surface area contributed by atoms with Crippen LogP contribution in [0.15, 0.2) is 90.0 Å². The summed E-state index contributed by atoms with van der Waals surface area (Å²) in [5.41, 5.74) is 2.95. The summed E-state index contributed by atoms with van der Waals surface area (Å²) in [6, 6.07) is 22.3. The van der Waals surface area contributed by atoms with E-state index < -0.39 is 17.7 Å². The average Bonchev–Trinajstić information content (AvgIpc) is 2.80. The van der Waals surface area contributed by atoms with Crippen LogP contribution in [0, 0.1) is 5.82 Å². The number of hydrogen-bond acceptors (Lipinski definition) is 5. The normalized spacial score (nSPS) is 10.9. The van der Waals surface area contributed by atoms with E-state index >= 15 is 0 Å². The Balaban J connectivity index is 1.39. The highest BCUT2D eigenvalue weighted by Gasteiger charge is 2.13. The summed E-state index contributed by atoms with van der Waals surface area (Å²) in [6.45, 7) is 0. The van der Waals surface area contributed by atoms with Crippen LogP contribution in [0.25, 0.3) is 10.8 Å². The van der Waals surface area contributed by atoms with Crippen molar-refractivity contribution in [2.24, 2.45) is 5.10 Å². The largest absolute Gasteiger partial charge is 0.507 e. The van der Waals surface area contributed by atoms with Crippen molar-refractivity contribution < 1.29 is 23.8 Å². The summed E-state index contributed by atoms with van der Waals surface area (Å²) in [5.74, 6) is -1.92. The van der Waals surface area contributed by atoms with Crippen molar-refractivity contribution >= 4 is 28.9 Å². The average molecular weight is 428 g/mol. The number of hydrazone groups is 1. The Kier molecular flexibility index (Phi) is 5.89. The van der Waals surface area contributed by atoms with Crippen molar-refractivity contribution in [1.29, 1.82) is 0 Å². The summed E-state index contributed by atoms with van der Waals surface area (Å²) < 4.78 is 18.8. The summed E-state index contributed by atoms with van der Waals surface area (Å²) in [5, 5.41) is 15.7. The number of amides is 1. The standard InChI is InChI=1S/C25H17FN2O4/c26-22-8-4-3-7-20(22)25(31)32-19-11-9-16(10-12-19)15-27-28-24(30)21-13-17-5-1-2-6-18(17)14-23(21)29/h1-15,29H,(H,28,30). The van der Waals surface area contributed by atoms with Crippen molar-refractivity contribution in [3.8, 4) is 11.5 Å². The highest BCUT2D eigenvalue weighted by Crippen LogP contribution is 2.24. The molecular weight excluding hydrogens is 411 g/mol. The van der Waals surface area contributed by atoms with Gasteiger partial charge < -0.3 is 9.84 Å². The fourth-order valence-electron chi connectivity index (χ4n) is 3.05. The van der Waals surface area contributed by atoms with Gasteiger partial charge in [0.1, 0.15) is 17.3 Å². The van der Waals surface area contributed by atoms with Crippen molar-refractivity contribution in [3.05, 3.63) is 107 Å². The van der Waals surface area contributed by atoms with Gasteiger partial charge in [-0.25, -0.2) is 14.6 Å². The molecule has 0 fully saturated rings. The number of aromatic hydroxyl groups is 1. The molecule has 0 aliphatic heterocycles. The van der Waals surface area contributed by atoms with Crippen LogP contribution in [0.2, 0.25) is 0 Å². The Morgan fingerprint density at radius 2 is 1.53 bits per heavy atom. The molecule has 0 saturated heterocycles. The number of phenols is 1. The quantitative estimate of drug-likeness (QED) is 0.209. The Morgan fingerprint density at radius 1 is 0.875 bits per heavy atom. The van der Waals surface area contributed by atoms with Gasteiger partial charge in [0.15, 0.2) is 0 Å². The number of nitrogens with zero attached hydrogens (tertiary/aromatic N) is 1. The molecule has 0 aliphatic rings. The van der Waals surface area contributed by atoms with Gasteiger partial charge in [0.25, 0.3) is 5.91 Å². The van der Waals surface area contributed by atoms with E-state index in [1.54, 1.807) is 24.3 Å². The number of halogens is 1. The predicted molar refractivity (Wildman–Crippen MR) is 118 cm³/mol. The van der Waals surface area contributed by atoms with Gasteiger partial charge in [0, 0.05) is 0 Å². The molecule has 158 valence electrons. The Labute approximate surface area is 182 Å². The Hall–Kier alpha value is -4.52. The summed E-state index contributed by atoms with van der Waals surface area (Å²) in [4.78, 5) is 24.4. The smallest absolute Gasteiger partial charge is 0.346 e. The predicted octanol–water partition coefficient (Wildman–Crippen LogP) is 4.67. The Morgan fingerprint density at radius 3 is 2.25 bits per heavy atom. The number of benzene rings is 4. The second kappa shape index (κ2) is 9.09. The van der Waals surface area contributed by atoms with Crippen LogP contribution in [0.1, 0.15) is 26.3 Å². The van der Waals surface area contributed by atoms with E-state index in [4.69, 9.17) is 4.74 Å². The zero-order chi connectivity index (χ0) is 22.5. The van der Waals surface area contributed by atoms with Gasteiger partial charge in [-0.1, -0.05) is 36.4 Å². The van der Waals surface area contributed by atoms with Gasteiger partial charge in [-0.15, -0.1) is 0 Å². The summed E-state index contributed by atoms with van der Waals surface area (Å²) in [7, 11) is 0. The molecule has 0 unspecified atom stereocenters. The highest BCUT2D eigenvalue weighted by atomic mass is 19.1. The van der Waals surface area contributed by atoms with Crippen LogP contribution in [0.3, 0.4) is 0 Å². The maximum atomic E-state index is 13.7. The fraction of sp³-hybridized carbons (Fsp3) is 0. The minimum absolute atomic E-state index is 0.108. The first-order valence-electron chi connectivity index (χ1n) is 9.63. The van der Waals surface area contributed by atoms with Crippen LogP contribution in [0.5, 0.6) is 11.5 Å². The van der Waals surface area contributed by atoms with Gasteiger partial charge in [0.05, 0.1) is 17.3 Å². The van der Waals surface area contributed by atoms with E-state index in [0.29, 0.717) is 5.56 Å². The van der Waals surface area contributed by atoms with Crippen molar-refractivity contribution in [3.63, 3.8) is 0 Å². The first kappa shape index (κ1) is 20.7. The third-order valence-electron chi connectivity index (χ3n) is 4.67. The van der Waals surface area contributed by atoms with Crippen LogP contribution < -0.4 is 10.2 Å². The van der Waals surface area contributed by atoms with E-state index in [-0.39, 0.29) is 22.6 Å². The van der Waals surface area contributed by atoms with E-state index in [2.05, 4.69) is 10.5 Å². The maximum Gasteiger partial charge on any atom is 0.346 e. The molecular formula is C25H17FN2O4. The minimum Gasteiger partial charge on any atom is -0.507 e. The monoisotopic (exact) mass is 428 g/mol. The third-order valence-corrected chi connectivity index (χ3v) is 4.67. The number of esters is 1. The molecule has 0 bridgehead atoms. The topological polar surface area (TPSA) is 88.0 Å². The lowest BCUT2D eigenvalue weighted by Crippen LogP contribution is -2.17. The number of phenolic OH excluding ortho intramolecular Hbond substituents is 1. The molecule has 0 atom stereocenters. The molecule has 0 aliphatic carbocycles. The third kappa shape index (κ3) is 4.62. The van der Waals surface area contributed by atoms with Gasteiger partial charge in [-0.05, 0) is 64.9 Å². The molecule has 4 rings (SSSR count). The van der Waals surface area contributed by atoms with Gasteiger partial charge in [-0.3, -0.25) is 4.79 Å². The molecule has 0 spiro atoms. The molecule has 7 heteroatoms.